The van der Waals surface area contributed by atoms with Crippen LogP contribution in [-0.2, 0) is 24.0 Å². The van der Waals surface area contributed by atoms with Gasteiger partial charge in [-0.1, -0.05) is 40.0 Å². The molecule has 11 heteroatoms. The first-order valence-corrected chi connectivity index (χ1v) is 14.3. The van der Waals surface area contributed by atoms with E-state index in [9.17, 15) is 28.8 Å². The zero-order chi connectivity index (χ0) is 28.9. The molecular weight excluding hydrogens is 502 g/mol. The average Bonchev–Trinajstić information content (AvgIpc) is 3.64. The molecule has 0 aromatic rings. The largest absolute Gasteiger partial charge is 0.353 e. The Morgan fingerprint density at radius 3 is 2.03 bits per heavy atom. The Hall–Kier alpha value is -2.98. The van der Waals surface area contributed by atoms with Crippen molar-refractivity contribution in [2.24, 2.45) is 17.3 Å². The van der Waals surface area contributed by atoms with Gasteiger partial charge >= 0.3 is 6.03 Å². The summed E-state index contributed by atoms with van der Waals surface area (Å²) >= 11 is 0. The zero-order valence-electron chi connectivity index (χ0n) is 23.9. The number of ketones is 2. The highest BCUT2D eigenvalue weighted by molar-refractivity contribution is 6.38. The zero-order valence-corrected chi connectivity index (χ0v) is 23.9. The Bertz CT molecular complexity index is 966. The number of likely N-dealkylation sites (tertiary alicyclic amines) is 1. The number of hydrogen-bond donors (Lipinski definition) is 4. The summed E-state index contributed by atoms with van der Waals surface area (Å²) in [5.74, 6) is -2.30. The minimum Gasteiger partial charge on any atom is -0.353 e. The maximum absolute atomic E-state index is 13.8. The minimum atomic E-state index is -1.04. The molecule has 4 unspecified atom stereocenters. The molecule has 0 spiro atoms. The van der Waals surface area contributed by atoms with E-state index in [1.165, 1.54) is 18.9 Å². The molecule has 39 heavy (non-hydrogen) atoms. The van der Waals surface area contributed by atoms with Gasteiger partial charge in [0.2, 0.25) is 17.6 Å². The van der Waals surface area contributed by atoms with Crippen LogP contribution in [0.15, 0.2) is 0 Å². The van der Waals surface area contributed by atoms with Gasteiger partial charge in [-0.15, -0.1) is 0 Å². The molecule has 0 aromatic carbocycles. The average molecular weight is 548 g/mol. The number of hydrogen-bond acceptors (Lipinski definition) is 6. The number of carbonyl (C=O) groups excluding carboxylic acids is 6. The second-order valence-corrected chi connectivity index (χ2v) is 12.3. The lowest BCUT2D eigenvalue weighted by molar-refractivity contribution is -0.143. The highest BCUT2D eigenvalue weighted by Crippen LogP contribution is 2.35. The van der Waals surface area contributed by atoms with Gasteiger partial charge in [-0.3, -0.25) is 24.0 Å². The first kappa shape index (κ1) is 30.6. The number of amides is 5. The summed E-state index contributed by atoms with van der Waals surface area (Å²) in [6.07, 6.45) is 7.73. The summed E-state index contributed by atoms with van der Waals surface area (Å²) in [6, 6.07) is -3.92. The highest BCUT2D eigenvalue weighted by Gasteiger charge is 2.44. The molecule has 218 valence electrons. The van der Waals surface area contributed by atoms with E-state index in [1.54, 1.807) is 0 Å². The first-order valence-electron chi connectivity index (χ1n) is 14.3. The summed E-state index contributed by atoms with van der Waals surface area (Å²) in [4.78, 5) is 78.3. The SMILES string of the molecule is CNC(=O)C(=O)C(C)NC(=O)C1CCCN1C(=O)C(NC(=O)NC(C(=O)C1CC1)C1CCCCC1)C(C)(C)C. The Kier molecular flexibility index (Phi) is 10.1. The van der Waals surface area contributed by atoms with Crippen molar-refractivity contribution >= 4 is 35.3 Å². The van der Waals surface area contributed by atoms with Crippen molar-refractivity contribution < 1.29 is 28.8 Å². The maximum atomic E-state index is 13.8. The van der Waals surface area contributed by atoms with E-state index in [1.807, 2.05) is 20.8 Å². The van der Waals surface area contributed by atoms with Gasteiger partial charge < -0.3 is 26.2 Å². The van der Waals surface area contributed by atoms with Crippen LogP contribution in [0.4, 0.5) is 4.79 Å². The summed E-state index contributed by atoms with van der Waals surface area (Å²) in [5.41, 5.74) is -0.679. The molecular formula is C28H45N5O6. The molecule has 2 aliphatic carbocycles. The third-order valence-electron chi connectivity index (χ3n) is 8.12. The topological polar surface area (TPSA) is 154 Å². The second kappa shape index (κ2) is 12.9. The molecule has 5 amide bonds. The van der Waals surface area contributed by atoms with Crippen LogP contribution in [0.2, 0.25) is 0 Å². The standard InChI is InChI=1S/C28H45N5O6/c1-16(21(34)25(37)29-5)30-24(36)19-12-9-15-33(19)26(38)23(28(2,3)4)32-27(39)31-20(22(35)18-13-14-18)17-10-7-6-8-11-17/h16-20,23H,6-15H2,1-5H3,(H,29,37)(H,30,36)(H2,31,32,39). The molecule has 3 rings (SSSR count). The van der Waals surface area contributed by atoms with E-state index in [0.717, 1.165) is 44.9 Å². The van der Waals surface area contributed by atoms with Crippen LogP contribution >= 0.6 is 0 Å². The molecule has 0 aromatic heterocycles. The van der Waals surface area contributed by atoms with Gasteiger partial charge in [0.1, 0.15) is 12.1 Å². The van der Waals surface area contributed by atoms with Crippen LogP contribution in [-0.4, -0.2) is 78.0 Å². The van der Waals surface area contributed by atoms with E-state index in [4.69, 9.17) is 0 Å². The van der Waals surface area contributed by atoms with Gasteiger partial charge in [0.05, 0.1) is 12.1 Å². The third kappa shape index (κ3) is 7.79. The number of nitrogens with zero attached hydrogens (tertiary/aromatic N) is 1. The van der Waals surface area contributed by atoms with Gasteiger partial charge in [-0.25, -0.2) is 4.79 Å². The lowest BCUT2D eigenvalue weighted by Crippen LogP contribution is -2.61. The summed E-state index contributed by atoms with van der Waals surface area (Å²) < 4.78 is 0. The predicted octanol–water partition coefficient (Wildman–Crippen LogP) is 1.44. The third-order valence-corrected chi connectivity index (χ3v) is 8.12. The highest BCUT2D eigenvalue weighted by atomic mass is 16.2. The number of nitrogens with one attached hydrogen (secondary N) is 4. The van der Waals surface area contributed by atoms with Crippen LogP contribution in [0.3, 0.4) is 0 Å². The quantitative estimate of drug-likeness (QED) is 0.304. The molecule has 4 N–H and O–H groups in total. The molecule has 2 saturated carbocycles. The van der Waals surface area contributed by atoms with Gasteiger partial charge in [-0.05, 0) is 56.8 Å². The lowest BCUT2D eigenvalue weighted by Gasteiger charge is -2.36. The van der Waals surface area contributed by atoms with Crippen LogP contribution in [0.1, 0.15) is 85.5 Å². The fourth-order valence-corrected chi connectivity index (χ4v) is 5.64. The lowest BCUT2D eigenvalue weighted by atomic mass is 9.81. The van der Waals surface area contributed by atoms with E-state index in [-0.39, 0.29) is 17.6 Å². The Balaban J connectivity index is 1.69. The fraction of sp³-hybridized carbons (Fsp3) is 0.786. The van der Waals surface area contributed by atoms with E-state index in [2.05, 4.69) is 21.3 Å². The Labute approximate surface area is 231 Å². The van der Waals surface area contributed by atoms with Crippen LogP contribution < -0.4 is 21.3 Å². The molecule has 4 atom stereocenters. The number of rotatable bonds is 10. The molecule has 0 bridgehead atoms. The number of Topliss-reactive ketones (excluding diaryl/α,β-unsaturated/α-hetero) is 2. The maximum Gasteiger partial charge on any atom is 0.316 e. The number of carbonyl (C=O) groups is 6. The minimum absolute atomic E-state index is 0.0128. The number of urea groups is 1. The van der Waals surface area contributed by atoms with Crippen molar-refractivity contribution in [1.82, 2.24) is 26.2 Å². The Morgan fingerprint density at radius 2 is 1.46 bits per heavy atom. The van der Waals surface area contributed by atoms with Crippen LogP contribution in [0.25, 0.3) is 0 Å². The van der Waals surface area contributed by atoms with E-state index >= 15 is 0 Å². The van der Waals surface area contributed by atoms with Crippen molar-refractivity contribution in [1.29, 1.82) is 0 Å². The van der Waals surface area contributed by atoms with Crippen molar-refractivity contribution in [3.8, 4) is 0 Å². The van der Waals surface area contributed by atoms with E-state index in [0.29, 0.717) is 19.4 Å². The monoisotopic (exact) mass is 547 g/mol. The second-order valence-electron chi connectivity index (χ2n) is 12.3. The molecule has 3 aliphatic rings. The predicted molar refractivity (Wildman–Crippen MR) is 144 cm³/mol. The van der Waals surface area contributed by atoms with Gasteiger partial charge in [0.15, 0.2) is 5.78 Å². The van der Waals surface area contributed by atoms with Gasteiger partial charge in [0.25, 0.3) is 5.91 Å². The molecule has 1 heterocycles. The smallest absolute Gasteiger partial charge is 0.316 e. The van der Waals surface area contributed by atoms with Crippen molar-refractivity contribution in [3.63, 3.8) is 0 Å². The Morgan fingerprint density at radius 1 is 0.821 bits per heavy atom. The van der Waals surface area contributed by atoms with Crippen LogP contribution in [0.5, 0.6) is 0 Å². The van der Waals surface area contributed by atoms with E-state index < -0.39 is 59.1 Å². The fourth-order valence-electron chi connectivity index (χ4n) is 5.64. The number of likely N-dealkylation sites (N-methyl/N-ethyl adjacent to an activating group) is 1. The molecule has 3 fully saturated rings. The summed E-state index contributed by atoms with van der Waals surface area (Å²) in [6.45, 7) is 7.25. The molecule has 11 nitrogen and oxygen atoms in total. The summed E-state index contributed by atoms with van der Waals surface area (Å²) in [7, 11) is 1.33. The normalized spacial score (nSPS) is 22.3. The molecule has 1 aliphatic heterocycles. The van der Waals surface area contributed by atoms with Gasteiger partial charge in [0, 0.05) is 19.5 Å². The van der Waals surface area contributed by atoms with Gasteiger partial charge in [-0.2, -0.15) is 0 Å². The van der Waals surface area contributed by atoms with Crippen molar-refractivity contribution in [2.45, 2.75) is 110 Å². The molecule has 0 radical (unpaired) electrons. The van der Waals surface area contributed by atoms with Crippen molar-refractivity contribution in [3.05, 3.63) is 0 Å². The summed E-state index contributed by atoms with van der Waals surface area (Å²) in [5, 5.41) is 10.5. The first-order chi connectivity index (χ1) is 18.3. The van der Waals surface area contributed by atoms with Crippen molar-refractivity contribution in [2.75, 3.05) is 13.6 Å². The van der Waals surface area contributed by atoms with Crippen LogP contribution in [0, 0.1) is 17.3 Å². The molecule has 1 saturated heterocycles.